The van der Waals surface area contributed by atoms with Gasteiger partial charge in [-0.1, -0.05) is 24.3 Å². The normalized spacial score (nSPS) is 18.6. The molecule has 0 spiro atoms. The van der Waals surface area contributed by atoms with Gasteiger partial charge in [0.05, 0.1) is 5.25 Å². The van der Waals surface area contributed by atoms with E-state index in [1.807, 2.05) is 12.1 Å². The number of nitrogens with zero attached hydrogens (tertiary/aromatic N) is 1. The van der Waals surface area contributed by atoms with E-state index in [2.05, 4.69) is 17.4 Å². The summed E-state index contributed by atoms with van der Waals surface area (Å²) < 4.78 is 26.6. The van der Waals surface area contributed by atoms with E-state index in [0.717, 1.165) is 12.8 Å². The Kier molecular flexibility index (Phi) is 4.60. The molecule has 106 valence electrons. The second kappa shape index (κ2) is 6.03. The summed E-state index contributed by atoms with van der Waals surface area (Å²) in [5.74, 6) is 0. The summed E-state index contributed by atoms with van der Waals surface area (Å²) in [4.78, 5) is 0. The van der Waals surface area contributed by atoms with Gasteiger partial charge in [0.1, 0.15) is 0 Å². The number of rotatable bonds is 4. The molecule has 1 unspecified atom stereocenters. The lowest BCUT2D eigenvalue weighted by atomic mass is 10.0. The van der Waals surface area contributed by atoms with E-state index in [1.54, 1.807) is 18.3 Å². The predicted molar refractivity (Wildman–Crippen MR) is 77.7 cm³/mol. The summed E-state index contributed by atoms with van der Waals surface area (Å²) in [6.45, 7) is 3.44. The third-order valence-corrected chi connectivity index (χ3v) is 6.01. The zero-order valence-corrected chi connectivity index (χ0v) is 12.4. The van der Waals surface area contributed by atoms with Crippen LogP contribution in [0.1, 0.15) is 18.1 Å². The number of benzene rings is 1. The molecule has 1 aliphatic rings. The SMILES string of the molecule is CNCC(C)S(=O)(=O)N1CCc2ccccc2CC1. The highest BCUT2D eigenvalue weighted by atomic mass is 32.2. The number of hydrogen-bond acceptors (Lipinski definition) is 3. The van der Waals surface area contributed by atoms with Crippen LogP contribution in [0.3, 0.4) is 0 Å². The average molecular weight is 282 g/mol. The number of sulfonamides is 1. The van der Waals surface area contributed by atoms with Crippen molar-refractivity contribution in [3.05, 3.63) is 35.4 Å². The molecule has 0 aliphatic carbocycles. The Morgan fingerprint density at radius 2 is 1.74 bits per heavy atom. The minimum absolute atomic E-state index is 0.376. The first kappa shape index (κ1) is 14.5. The number of nitrogens with one attached hydrogen (secondary N) is 1. The molecule has 1 heterocycles. The first-order valence-corrected chi connectivity index (χ1v) is 8.26. The molecule has 19 heavy (non-hydrogen) atoms. The first-order chi connectivity index (χ1) is 9.05. The van der Waals surface area contributed by atoms with Gasteiger partial charge in [0.2, 0.25) is 10.0 Å². The molecule has 1 N–H and O–H groups in total. The van der Waals surface area contributed by atoms with Crippen LogP contribution in [0.4, 0.5) is 0 Å². The Balaban J connectivity index is 2.13. The molecule has 0 saturated heterocycles. The van der Waals surface area contributed by atoms with Gasteiger partial charge in [-0.2, -0.15) is 0 Å². The van der Waals surface area contributed by atoms with E-state index in [0.29, 0.717) is 19.6 Å². The van der Waals surface area contributed by atoms with Gasteiger partial charge in [-0.05, 0) is 37.9 Å². The quantitative estimate of drug-likeness (QED) is 0.897. The molecule has 0 bridgehead atoms. The zero-order chi connectivity index (χ0) is 13.9. The molecule has 2 rings (SSSR count). The minimum Gasteiger partial charge on any atom is -0.318 e. The predicted octanol–water partition coefficient (Wildman–Crippen LogP) is 1.02. The smallest absolute Gasteiger partial charge is 0.217 e. The van der Waals surface area contributed by atoms with Gasteiger partial charge in [0.25, 0.3) is 0 Å². The van der Waals surface area contributed by atoms with Gasteiger partial charge in [-0.15, -0.1) is 0 Å². The van der Waals surface area contributed by atoms with Crippen molar-refractivity contribution in [1.82, 2.24) is 9.62 Å². The first-order valence-electron chi connectivity index (χ1n) is 6.76. The topological polar surface area (TPSA) is 49.4 Å². The summed E-state index contributed by atoms with van der Waals surface area (Å²) in [6.07, 6.45) is 1.61. The molecule has 4 nitrogen and oxygen atoms in total. The Bertz CT molecular complexity index is 501. The van der Waals surface area contributed by atoms with E-state index in [1.165, 1.54) is 11.1 Å². The van der Waals surface area contributed by atoms with Crippen LogP contribution in [0.25, 0.3) is 0 Å². The largest absolute Gasteiger partial charge is 0.318 e. The molecule has 0 fully saturated rings. The molecular formula is C14H22N2O2S. The molecule has 0 radical (unpaired) electrons. The maximum absolute atomic E-state index is 12.5. The fourth-order valence-corrected chi connectivity index (χ4v) is 4.13. The van der Waals surface area contributed by atoms with Crippen LogP contribution in [-0.4, -0.2) is 44.7 Å². The average Bonchev–Trinajstić information content (AvgIpc) is 2.61. The lowest BCUT2D eigenvalue weighted by Gasteiger charge is -2.24. The van der Waals surface area contributed by atoms with E-state index in [4.69, 9.17) is 0 Å². The van der Waals surface area contributed by atoms with Crippen LogP contribution < -0.4 is 5.32 Å². The summed E-state index contributed by atoms with van der Waals surface area (Å²) in [6, 6.07) is 8.24. The van der Waals surface area contributed by atoms with Crippen molar-refractivity contribution in [3.8, 4) is 0 Å². The molecule has 1 aromatic rings. The monoisotopic (exact) mass is 282 g/mol. The highest BCUT2D eigenvalue weighted by Gasteiger charge is 2.29. The molecule has 5 heteroatoms. The van der Waals surface area contributed by atoms with Crippen LogP contribution in [0.15, 0.2) is 24.3 Å². The molecule has 0 aromatic heterocycles. The van der Waals surface area contributed by atoms with Crippen LogP contribution in [0.5, 0.6) is 0 Å². The lowest BCUT2D eigenvalue weighted by molar-refractivity contribution is 0.418. The second-order valence-electron chi connectivity index (χ2n) is 5.08. The summed E-state index contributed by atoms with van der Waals surface area (Å²) in [5, 5.41) is 2.56. The van der Waals surface area contributed by atoms with Crippen molar-refractivity contribution in [3.63, 3.8) is 0 Å². The molecule has 0 saturated carbocycles. The maximum atomic E-state index is 12.5. The van der Waals surface area contributed by atoms with Gasteiger partial charge in [0, 0.05) is 19.6 Å². The van der Waals surface area contributed by atoms with Crippen molar-refractivity contribution in [2.24, 2.45) is 0 Å². The van der Waals surface area contributed by atoms with Gasteiger partial charge in [0.15, 0.2) is 0 Å². The molecule has 1 aromatic carbocycles. The summed E-state index contributed by atoms with van der Waals surface area (Å²) >= 11 is 0. The Morgan fingerprint density at radius 3 is 2.21 bits per heavy atom. The fourth-order valence-electron chi connectivity index (χ4n) is 2.55. The maximum Gasteiger partial charge on any atom is 0.217 e. The van der Waals surface area contributed by atoms with E-state index < -0.39 is 10.0 Å². The molecule has 1 aliphatic heterocycles. The highest BCUT2D eigenvalue weighted by molar-refractivity contribution is 7.89. The molecule has 1 atom stereocenters. The van der Waals surface area contributed by atoms with Crippen LogP contribution in [0.2, 0.25) is 0 Å². The van der Waals surface area contributed by atoms with Gasteiger partial charge < -0.3 is 5.32 Å². The Morgan fingerprint density at radius 1 is 1.21 bits per heavy atom. The van der Waals surface area contributed by atoms with Crippen molar-refractivity contribution in [2.75, 3.05) is 26.7 Å². The van der Waals surface area contributed by atoms with Crippen molar-refractivity contribution < 1.29 is 8.42 Å². The van der Waals surface area contributed by atoms with Crippen molar-refractivity contribution in [1.29, 1.82) is 0 Å². The third kappa shape index (κ3) is 3.16. The second-order valence-corrected chi connectivity index (χ2v) is 7.43. The van der Waals surface area contributed by atoms with Crippen LogP contribution in [-0.2, 0) is 22.9 Å². The Hall–Kier alpha value is -0.910. The van der Waals surface area contributed by atoms with Gasteiger partial charge in [-0.3, -0.25) is 0 Å². The Labute approximate surface area is 115 Å². The van der Waals surface area contributed by atoms with E-state index in [-0.39, 0.29) is 5.25 Å². The summed E-state index contributed by atoms with van der Waals surface area (Å²) in [7, 11) is -1.41. The zero-order valence-electron chi connectivity index (χ0n) is 11.6. The molecule has 0 amide bonds. The van der Waals surface area contributed by atoms with Crippen LogP contribution in [0, 0.1) is 0 Å². The van der Waals surface area contributed by atoms with E-state index >= 15 is 0 Å². The van der Waals surface area contributed by atoms with Gasteiger partial charge >= 0.3 is 0 Å². The van der Waals surface area contributed by atoms with E-state index in [9.17, 15) is 8.42 Å². The minimum atomic E-state index is -3.19. The number of hydrogen-bond donors (Lipinski definition) is 1. The standard InChI is InChI=1S/C14H22N2O2S/c1-12(11-15-2)19(17,18)16-9-7-13-5-3-4-6-14(13)8-10-16/h3-6,12,15H,7-11H2,1-2H3. The molecular weight excluding hydrogens is 260 g/mol. The fraction of sp³-hybridized carbons (Fsp3) is 0.571. The lowest BCUT2D eigenvalue weighted by Crippen LogP contribution is -2.42. The summed E-state index contributed by atoms with van der Waals surface area (Å²) in [5.41, 5.74) is 2.56. The van der Waals surface area contributed by atoms with Crippen LogP contribution >= 0.6 is 0 Å². The van der Waals surface area contributed by atoms with Crippen molar-refractivity contribution >= 4 is 10.0 Å². The van der Waals surface area contributed by atoms with Crippen molar-refractivity contribution in [2.45, 2.75) is 25.0 Å². The van der Waals surface area contributed by atoms with Gasteiger partial charge in [-0.25, -0.2) is 12.7 Å². The third-order valence-electron chi connectivity index (χ3n) is 3.74. The highest BCUT2D eigenvalue weighted by Crippen LogP contribution is 2.19. The number of fused-ring (bicyclic) bond motifs is 1.